The highest BCUT2D eigenvalue weighted by Gasteiger charge is 2.30. The van der Waals surface area contributed by atoms with E-state index in [1.807, 2.05) is 24.0 Å². The predicted octanol–water partition coefficient (Wildman–Crippen LogP) is 3.28. The zero-order valence-electron chi connectivity index (χ0n) is 13.9. The van der Waals surface area contributed by atoms with Gasteiger partial charge in [-0.15, -0.1) is 0 Å². The summed E-state index contributed by atoms with van der Waals surface area (Å²) in [6.45, 7) is 1.38. The van der Waals surface area contributed by atoms with Crippen LogP contribution in [0.3, 0.4) is 0 Å². The summed E-state index contributed by atoms with van der Waals surface area (Å²) in [5.74, 6) is 0.138. The molecule has 0 saturated carbocycles. The predicted molar refractivity (Wildman–Crippen MR) is 90.2 cm³/mol. The molecule has 1 aliphatic rings. The summed E-state index contributed by atoms with van der Waals surface area (Å²) < 4.78 is 31.5. The van der Waals surface area contributed by atoms with Crippen LogP contribution in [0.15, 0.2) is 42.9 Å². The smallest absolute Gasteiger partial charge is 0.128 e. The molecule has 1 aliphatic heterocycles. The number of aryl methyl sites for hydroxylation is 1. The van der Waals surface area contributed by atoms with Gasteiger partial charge in [-0.05, 0) is 31.0 Å². The normalized spacial score (nSPS) is 17.4. The van der Waals surface area contributed by atoms with Crippen LogP contribution in [-0.4, -0.2) is 26.1 Å². The lowest BCUT2D eigenvalue weighted by Gasteiger charge is -2.27. The van der Waals surface area contributed by atoms with E-state index in [4.69, 9.17) is 0 Å². The molecule has 0 bridgehead atoms. The van der Waals surface area contributed by atoms with Gasteiger partial charge in [-0.3, -0.25) is 4.68 Å². The zero-order valence-corrected chi connectivity index (χ0v) is 13.9. The Morgan fingerprint density at radius 3 is 2.88 bits per heavy atom. The van der Waals surface area contributed by atoms with E-state index in [2.05, 4.69) is 15.1 Å². The fourth-order valence-electron chi connectivity index (χ4n) is 3.55. The van der Waals surface area contributed by atoms with Crippen molar-refractivity contribution in [3.8, 4) is 0 Å². The van der Waals surface area contributed by atoms with Crippen molar-refractivity contribution in [2.75, 3.05) is 11.4 Å². The first-order valence-electron chi connectivity index (χ1n) is 8.33. The number of hydrogen-bond donors (Lipinski definition) is 0. The summed E-state index contributed by atoms with van der Waals surface area (Å²) in [6, 6.07) is 5.41. The van der Waals surface area contributed by atoms with Crippen LogP contribution >= 0.6 is 0 Å². The minimum absolute atomic E-state index is 0.181. The molecule has 1 saturated heterocycles. The third kappa shape index (κ3) is 3.01. The third-order valence-electron chi connectivity index (χ3n) is 4.65. The highest BCUT2D eigenvalue weighted by Crippen LogP contribution is 2.37. The molecule has 5 nitrogen and oxygen atoms in total. The molecule has 0 N–H and O–H groups in total. The van der Waals surface area contributed by atoms with Crippen LogP contribution in [0.25, 0.3) is 0 Å². The molecule has 3 aromatic rings. The largest absolute Gasteiger partial charge is 0.350 e. The summed E-state index contributed by atoms with van der Waals surface area (Å²) in [5, 5.41) is 8.58. The molecular weight excluding hydrogens is 324 g/mol. The van der Waals surface area contributed by atoms with E-state index in [-0.39, 0.29) is 11.9 Å². The first-order valence-corrected chi connectivity index (χ1v) is 8.33. The number of hydrogen-bond acceptors (Lipinski definition) is 3. The van der Waals surface area contributed by atoms with Crippen molar-refractivity contribution in [3.63, 3.8) is 0 Å². The zero-order chi connectivity index (χ0) is 17.4. The maximum atomic E-state index is 14.3. The van der Waals surface area contributed by atoms with E-state index >= 15 is 0 Å². The van der Waals surface area contributed by atoms with Gasteiger partial charge in [0.05, 0.1) is 25.0 Å². The van der Waals surface area contributed by atoms with Gasteiger partial charge in [0.15, 0.2) is 0 Å². The fourth-order valence-corrected chi connectivity index (χ4v) is 3.55. The minimum atomic E-state index is -0.410. The Kier molecular flexibility index (Phi) is 3.99. The molecule has 130 valence electrons. The summed E-state index contributed by atoms with van der Waals surface area (Å²) in [6.07, 6.45) is 7.21. The quantitative estimate of drug-likeness (QED) is 0.730. The van der Waals surface area contributed by atoms with Crippen LogP contribution in [0.5, 0.6) is 0 Å². The summed E-state index contributed by atoms with van der Waals surface area (Å²) in [4.78, 5) is 2.11. The molecular formula is C18H19F2N5. The lowest BCUT2D eigenvalue weighted by Crippen LogP contribution is -2.26. The molecule has 0 spiro atoms. The molecule has 0 amide bonds. The Morgan fingerprint density at radius 2 is 2.08 bits per heavy atom. The van der Waals surface area contributed by atoms with Crippen molar-refractivity contribution >= 4 is 5.82 Å². The van der Waals surface area contributed by atoms with Crippen molar-refractivity contribution in [2.45, 2.75) is 25.4 Å². The standard InChI is InChI=1S/C18H19F2N5/c1-23-11-13(10-22-23)12-25-18(6-7-21-25)24-8-2-3-17(24)15-9-14(19)4-5-16(15)20/h4-7,9-11,17H,2-3,8,12H2,1H3/t17-/m1/s1. The number of anilines is 1. The van der Waals surface area contributed by atoms with Crippen molar-refractivity contribution < 1.29 is 8.78 Å². The molecule has 3 heterocycles. The van der Waals surface area contributed by atoms with Crippen molar-refractivity contribution in [1.29, 1.82) is 0 Å². The Hall–Kier alpha value is -2.70. The summed E-state index contributed by atoms with van der Waals surface area (Å²) in [5.41, 5.74) is 1.45. The highest BCUT2D eigenvalue weighted by atomic mass is 19.1. The second kappa shape index (κ2) is 6.31. The molecule has 25 heavy (non-hydrogen) atoms. The molecule has 0 aliphatic carbocycles. The van der Waals surface area contributed by atoms with Crippen LogP contribution in [0, 0.1) is 11.6 Å². The van der Waals surface area contributed by atoms with Gasteiger partial charge >= 0.3 is 0 Å². The Balaban J connectivity index is 1.65. The van der Waals surface area contributed by atoms with E-state index in [9.17, 15) is 8.78 Å². The molecule has 2 aromatic heterocycles. The molecule has 0 radical (unpaired) electrons. The topological polar surface area (TPSA) is 38.9 Å². The molecule has 1 aromatic carbocycles. The van der Waals surface area contributed by atoms with Crippen LogP contribution < -0.4 is 4.90 Å². The maximum absolute atomic E-state index is 14.3. The van der Waals surface area contributed by atoms with Gasteiger partial charge < -0.3 is 4.90 Å². The average molecular weight is 343 g/mol. The van der Waals surface area contributed by atoms with Crippen molar-refractivity contribution in [1.82, 2.24) is 19.6 Å². The molecule has 7 heteroatoms. The second-order valence-corrected chi connectivity index (χ2v) is 6.39. The van der Waals surface area contributed by atoms with Gasteiger partial charge in [0.25, 0.3) is 0 Å². The van der Waals surface area contributed by atoms with Crippen molar-refractivity contribution in [2.24, 2.45) is 7.05 Å². The average Bonchev–Trinajstić information content (AvgIpc) is 3.31. The molecule has 1 fully saturated rings. The lowest BCUT2D eigenvalue weighted by molar-refractivity contribution is 0.555. The fraction of sp³-hybridized carbons (Fsp3) is 0.333. The van der Waals surface area contributed by atoms with Crippen LogP contribution in [0.1, 0.15) is 30.0 Å². The number of nitrogens with zero attached hydrogens (tertiary/aromatic N) is 5. The monoisotopic (exact) mass is 343 g/mol. The van der Waals surface area contributed by atoms with Gasteiger partial charge in [-0.2, -0.15) is 10.2 Å². The van der Waals surface area contributed by atoms with Crippen LogP contribution in [0.4, 0.5) is 14.6 Å². The maximum Gasteiger partial charge on any atom is 0.128 e. The Bertz CT molecular complexity index is 885. The number of aromatic nitrogens is 4. The van der Waals surface area contributed by atoms with E-state index in [1.165, 1.54) is 12.1 Å². The first kappa shape index (κ1) is 15.8. The van der Waals surface area contributed by atoms with E-state index in [0.29, 0.717) is 12.1 Å². The number of halogens is 2. The van der Waals surface area contributed by atoms with Gasteiger partial charge in [0.2, 0.25) is 0 Å². The van der Waals surface area contributed by atoms with Crippen LogP contribution in [0.2, 0.25) is 0 Å². The summed E-state index contributed by atoms with van der Waals surface area (Å²) in [7, 11) is 1.87. The van der Waals surface area contributed by atoms with E-state index in [0.717, 1.165) is 36.8 Å². The second-order valence-electron chi connectivity index (χ2n) is 6.39. The number of benzene rings is 1. The third-order valence-corrected chi connectivity index (χ3v) is 4.65. The van der Waals surface area contributed by atoms with Crippen molar-refractivity contribution in [3.05, 3.63) is 65.6 Å². The summed E-state index contributed by atoms with van der Waals surface area (Å²) >= 11 is 0. The molecule has 0 unspecified atom stereocenters. The van der Waals surface area contributed by atoms with E-state index in [1.54, 1.807) is 17.1 Å². The van der Waals surface area contributed by atoms with E-state index < -0.39 is 5.82 Å². The molecule has 1 atom stereocenters. The first-order chi connectivity index (χ1) is 12.1. The van der Waals surface area contributed by atoms with Gasteiger partial charge in [0.1, 0.15) is 17.5 Å². The van der Waals surface area contributed by atoms with Crippen LogP contribution in [-0.2, 0) is 13.6 Å². The minimum Gasteiger partial charge on any atom is -0.350 e. The van der Waals surface area contributed by atoms with Gasteiger partial charge in [-0.25, -0.2) is 13.5 Å². The number of rotatable bonds is 4. The Morgan fingerprint density at radius 1 is 1.20 bits per heavy atom. The van der Waals surface area contributed by atoms with Gasteiger partial charge in [-0.1, -0.05) is 0 Å². The molecule has 4 rings (SSSR count). The Labute approximate surface area is 144 Å². The highest BCUT2D eigenvalue weighted by molar-refractivity contribution is 5.45. The SMILES string of the molecule is Cn1cc(Cn2nccc2N2CCC[C@@H]2c2cc(F)ccc2F)cn1. The van der Waals surface area contributed by atoms with Gasteiger partial charge in [0, 0.05) is 37.0 Å². The lowest BCUT2D eigenvalue weighted by atomic mass is 10.0.